The van der Waals surface area contributed by atoms with E-state index >= 15 is 0 Å². The first-order valence-electron chi connectivity index (χ1n) is 9.72. The number of nitrogens with zero attached hydrogens (tertiary/aromatic N) is 1. The van der Waals surface area contributed by atoms with E-state index in [1.54, 1.807) is 30.3 Å². The predicted octanol–water partition coefficient (Wildman–Crippen LogP) is 1.00. The van der Waals surface area contributed by atoms with Crippen molar-refractivity contribution in [3.63, 3.8) is 0 Å². The van der Waals surface area contributed by atoms with Gasteiger partial charge in [-0.05, 0) is 23.8 Å². The van der Waals surface area contributed by atoms with Crippen molar-refractivity contribution in [1.29, 1.82) is 0 Å². The summed E-state index contributed by atoms with van der Waals surface area (Å²) < 4.78 is 14.0. The number of H-pyrrole nitrogens is 2. The zero-order valence-corrected chi connectivity index (χ0v) is 16.2. The van der Waals surface area contributed by atoms with E-state index in [-0.39, 0.29) is 42.8 Å². The maximum Gasteiger partial charge on any atom is 0.323 e. The van der Waals surface area contributed by atoms with Crippen LogP contribution in [0.2, 0.25) is 0 Å². The number of amides is 2. The van der Waals surface area contributed by atoms with Gasteiger partial charge >= 0.3 is 5.69 Å². The van der Waals surface area contributed by atoms with Gasteiger partial charge in [-0.2, -0.15) is 0 Å². The Morgan fingerprint density at radius 2 is 1.93 bits per heavy atom. The minimum atomic E-state index is -0.665. The van der Waals surface area contributed by atoms with E-state index in [0.717, 1.165) is 5.56 Å². The van der Waals surface area contributed by atoms with Gasteiger partial charge in [0, 0.05) is 31.7 Å². The molecule has 156 valence electrons. The van der Waals surface area contributed by atoms with E-state index in [1.807, 2.05) is 11.0 Å². The van der Waals surface area contributed by atoms with Crippen molar-refractivity contribution in [3.8, 4) is 0 Å². The average Bonchev–Trinajstić information content (AvgIpc) is 3.10. The molecule has 1 aliphatic rings. The fraction of sp³-hybridized carbons (Fsp3) is 0.286. The summed E-state index contributed by atoms with van der Waals surface area (Å²) in [5, 5.41) is 5.58. The van der Waals surface area contributed by atoms with Crippen molar-refractivity contribution in [3.05, 3.63) is 69.9 Å². The zero-order chi connectivity index (χ0) is 21.1. The molecule has 1 fully saturated rings. The van der Waals surface area contributed by atoms with Crippen LogP contribution >= 0.6 is 0 Å². The molecule has 1 aliphatic heterocycles. The monoisotopic (exact) mass is 411 g/mol. The van der Waals surface area contributed by atoms with Gasteiger partial charge in [-0.1, -0.05) is 24.3 Å². The van der Waals surface area contributed by atoms with Gasteiger partial charge in [-0.25, -0.2) is 9.18 Å². The highest BCUT2D eigenvalue weighted by atomic mass is 19.1. The lowest BCUT2D eigenvalue weighted by Crippen LogP contribution is -2.56. The molecule has 1 atom stereocenters. The van der Waals surface area contributed by atoms with Gasteiger partial charge in [0.05, 0.1) is 23.5 Å². The predicted molar refractivity (Wildman–Crippen MR) is 109 cm³/mol. The number of aromatic amines is 2. The summed E-state index contributed by atoms with van der Waals surface area (Å²) in [5.74, 6) is -0.845. The molecule has 0 aliphatic carbocycles. The van der Waals surface area contributed by atoms with E-state index in [9.17, 15) is 18.8 Å². The van der Waals surface area contributed by atoms with Crippen molar-refractivity contribution in [2.45, 2.75) is 25.6 Å². The van der Waals surface area contributed by atoms with Crippen LogP contribution in [0.1, 0.15) is 17.5 Å². The molecule has 3 aromatic rings. The maximum atomic E-state index is 14.0. The number of fused-ring (bicyclic) bond motifs is 1. The normalized spacial score (nSPS) is 17.1. The van der Waals surface area contributed by atoms with E-state index in [4.69, 9.17) is 0 Å². The molecule has 4 rings (SSSR count). The number of rotatable bonds is 6. The first kappa shape index (κ1) is 19.8. The summed E-state index contributed by atoms with van der Waals surface area (Å²) in [4.78, 5) is 43.4. The third-order valence-corrected chi connectivity index (χ3v) is 5.22. The van der Waals surface area contributed by atoms with Crippen LogP contribution in [0.3, 0.4) is 0 Å². The molecule has 30 heavy (non-hydrogen) atoms. The van der Waals surface area contributed by atoms with Gasteiger partial charge in [0.25, 0.3) is 0 Å². The summed E-state index contributed by atoms with van der Waals surface area (Å²) in [7, 11) is 0. The molecule has 9 heteroatoms. The Morgan fingerprint density at radius 3 is 2.77 bits per heavy atom. The summed E-state index contributed by atoms with van der Waals surface area (Å²) in [6.07, 6.45) is -0.0243. The van der Waals surface area contributed by atoms with Crippen LogP contribution in [0.5, 0.6) is 0 Å². The van der Waals surface area contributed by atoms with Gasteiger partial charge in [-0.3, -0.25) is 14.5 Å². The minimum Gasteiger partial charge on any atom is -0.353 e. The Kier molecular flexibility index (Phi) is 5.62. The van der Waals surface area contributed by atoms with Gasteiger partial charge < -0.3 is 20.6 Å². The van der Waals surface area contributed by atoms with E-state index in [2.05, 4.69) is 20.6 Å². The zero-order valence-electron chi connectivity index (χ0n) is 16.2. The van der Waals surface area contributed by atoms with Crippen molar-refractivity contribution >= 4 is 22.8 Å². The average molecular weight is 411 g/mol. The molecule has 1 unspecified atom stereocenters. The quantitative estimate of drug-likeness (QED) is 0.485. The Morgan fingerprint density at radius 1 is 1.13 bits per heavy atom. The number of hydrogen-bond acceptors (Lipinski definition) is 4. The van der Waals surface area contributed by atoms with Gasteiger partial charge in [-0.15, -0.1) is 0 Å². The van der Waals surface area contributed by atoms with Crippen molar-refractivity contribution in [1.82, 2.24) is 25.5 Å². The van der Waals surface area contributed by atoms with Crippen molar-refractivity contribution < 1.29 is 14.0 Å². The highest BCUT2D eigenvalue weighted by Crippen LogP contribution is 2.16. The van der Waals surface area contributed by atoms with Crippen LogP contribution in [0, 0.1) is 5.82 Å². The van der Waals surface area contributed by atoms with E-state index in [0.29, 0.717) is 29.7 Å². The number of hydrogen-bond donors (Lipinski definition) is 4. The molecule has 2 heterocycles. The molecule has 0 saturated carbocycles. The Labute approximate surface area is 171 Å². The molecule has 0 spiro atoms. The SMILES string of the molecule is O=C(CC1C(=O)NCCN1Cc1ccccc1F)NCc1ccc2[nH]c(=O)[nH]c2c1. The second kappa shape index (κ2) is 8.50. The number of carbonyl (C=O) groups excluding carboxylic acids is 2. The smallest absolute Gasteiger partial charge is 0.323 e. The fourth-order valence-corrected chi connectivity index (χ4v) is 3.66. The first-order chi connectivity index (χ1) is 14.5. The topological polar surface area (TPSA) is 110 Å². The Bertz CT molecular complexity index is 1140. The third kappa shape index (κ3) is 4.41. The van der Waals surface area contributed by atoms with E-state index < -0.39 is 6.04 Å². The number of halogens is 1. The molecular formula is C21H22FN5O3. The molecule has 1 saturated heterocycles. The van der Waals surface area contributed by atoms with Crippen LogP contribution in [0.4, 0.5) is 4.39 Å². The van der Waals surface area contributed by atoms with Gasteiger partial charge in [0.2, 0.25) is 11.8 Å². The van der Waals surface area contributed by atoms with Crippen LogP contribution < -0.4 is 16.3 Å². The van der Waals surface area contributed by atoms with Gasteiger partial charge in [0.15, 0.2) is 0 Å². The fourth-order valence-electron chi connectivity index (χ4n) is 3.66. The van der Waals surface area contributed by atoms with Crippen LogP contribution in [-0.2, 0) is 22.7 Å². The number of piperazine rings is 1. The van der Waals surface area contributed by atoms with E-state index in [1.165, 1.54) is 6.07 Å². The minimum absolute atomic E-state index is 0.0243. The summed E-state index contributed by atoms with van der Waals surface area (Å²) >= 11 is 0. The number of carbonyl (C=O) groups is 2. The largest absolute Gasteiger partial charge is 0.353 e. The standard InChI is InChI=1S/C21H22FN5O3/c22-15-4-2-1-3-14(15)12-27-8-7-23-20(29)18(27)10-19(28)24-11-13-5-6-16-17(9-13)26-21(30)25-16/h1-6,9,18H,7-8,10-12H2,(H,23,29)(H,24,28)(H2,25,26,30). The molecule has 8 nitrogen and oxygen atoms in total. The summed E-state index contributed by atoms with van der Waals surface area (Å²) in [6.45, 7) is 1.52. The van der Waals surface area contributed by atoms with Crippen LogP contribution in [0.15, 0.2) is 47.3 Å². The lowest BCUT2D eigenvalue weighted by molar-refractivity contribution is -0.134. The highest BCUT2D eigenvalue weighted by molar-refractivity contribution is 5.88. The second-order valence-electron chi connectivity index (χ2n) is 7.31. The molecule has 4 N–H and O–H groups in total. The number of aromatic nitrogens is 2. The summed E-state index contributed by atoms with van der Waals surface area (Å²) in [5.41, 5.74) is 2.38. The molecule has 2 aromatic carbocycles. The molecule has 0 radical (unpaired) electrons. The molecular weight excluding hydrogens is 389 g/mol. The van der Waals surface area contributed by atoms with Crippen LogP contribution in [0.25, 0.3) is 11.0 Å². The second-order valence-corrected chi connectivity index (χ2v) is 7.31. The Balaban J connectivity index is 1.39. The molecule has 0 bridgehead atoms. The lowest BCUT2D eigenvalue weighted by atomic mass is 10.1. The first-order valence-corrected chi connectivity index (χ1v) is 9.72. The van der Waals surface area contributed by atoms with Crippen LogP contribution in [-0.4, -0.2) is 45.8 Å². The third-order valence-electron chi connectivity index (χ3n) is 5.22. The Hall–Kier alpha value is -3.46. The molecule has 2 amide bonds. The maximum absolute atomic E-state index is 14.0. The summed E-state index contributed by atoms with van der Waals surface area (Å²) in [6, 6.07) is 11.1. The van der Waals surface area contributed by atoms with Crippen molar-refractivity contribution in [2.75, 3.05) is 13.1 Å². The number of benzene rings is 2. The number of imidazole rings is 1. The highest BCUT2D eigenvalue weighted by Gasteiger charge is 2.31. The number of nitrogens with one attached hydrogen (secondary N) is 4. The van der Waals surface area contributed by atoms with Gasteiger partial charge in [0.1, 0.15) is 5.82 Å². The lowest BCUT2D eigenvalue weighted by Gasteiger charge is -2.34. The molecule has 1 aromatic heterocycles. The van der Waals surface area contributed by atoms with Crippen molar-refractivity contribution in [2.24, 2.45) is 0 Å².